The third-order valence-electron chi connectivity index (χ3n) is 9.65. The predicted octanol–water partition coefficient (Wildman–Crippen LogP) is 14.2. The normalized spacial score (nSPS) is 12.3. The topological polar surface area (TPSA) is 78.9 Å². The van der Waals surface area contributed by atoms with Gasteiger partial charge in [0.2, 0.25) is 0 Å². The fourth-order valence-electron chi connectivity index (χ4n) is 6.18. The zero-order valence-electron chi connectivity index (χ0n) is 35.0. The molecule has 6 heteroatoms. The second-order valence-electron chi connectivity index (χ2n) is 15.0. The molecule has 1 atom stereocenters. The van der Waals surface area contributed by atoms with Crippen molar-refractivity contribution in [3.63, 3.8) is 0 Å². The van der Waals surface area contributed by atoms with Crippen LogP contribution in [-0.2, 0) is 28.6 Å². The largest absolute Gasteiger partial charge is 0.462 e. The predicted molar refractivity (Wildman–Crippen MR) is 224 cm³/mol. The Morgan fingerprint density at radius 2 is 0.698 bits per heavy atom. The van der Waals surface area contributed by atoms with Gasteiger partial charge < -0.3 is 14.2 Å². The average Bonchev–Trinajstić information content (AvgIpc) is 3.15. The number of unbranched alkanes of at least 4 members (excludes halogenated alkanes) is 24. The summed E-state index contributed by atoms with van der Waals surface area (Å²) in [6.07, 6.45) is 46.9. The number of hydrogen-bond acceptors (Lipinski definition) is 6. The van der Waals surface area contributed by atoms with Gasteiger partial charge in [0.25, 0.3) is 0 Å². The Hall–Kier alpha value is -2.37. The smallest absolute Gasteiger partial charge is 0.306 e. The first kappa shape index (κ1) is 50.6. The number of ether oxygens (including phenoxy) is 3. The van der Waals surface area contributed by atoms with Gasteiger partial charge in [0.15, 0.2) is 6.10 Å². The van der Waals surface area contributed by atoms with Gasteiger partial charge in [-0.3, -0.25) is 14.4 Å². The molecule has 6 nitrogen and oxygen atoms in total. The summed E-state index contributed by atoms with van der Waals surface area (Å²) in [5.74, 6) is -0.920. The lowest BCUT2D eigenvalue weighted by Crippen LogP contribution is -2.30. The molecule has 0 aliphatic rings. The van der Waals surface area contributed by atoms with Gasteiger partial charge in [-0.25, -0.2) is 0 Å². The third-order valence-corrected chi connectivity index (χ3v) is 9.65. The van der Waals surface area contributed by atoms with E-state index in [4.69, 9.17) is 14.2 Å². The van der Waals surface area contributed by atoms with E-state index in [0.29, 0.717) is 19.3 Å². The van der Waals surface area contributed by atoms with E-state index in [2.05, 4.69) is 57.2 Å². The Bertz CT molecular complexity index is 907. The van der Waals surface area contributed by atoms with Gasteiger partial charge >= 0.3 is 17.9 Å². The second kappa shape index (κ2) is 42.4. The van der Waals surface area contributed by atoms with Crippen LogP contribution in [0.15, 0.2) is 36.5 Å². The maximum Gasteiger partial charge on any atom is 0.306 e. The third kappa shape index (κ3) is 40.6. The van der Waals surface area contributed by atoms with Crippen LogP contribution in [0.4, 0.5) is 0 Å². The van der Waals surface area contributed by atoms with Crippen LogP contribution in [0, 0.1) is 0 Å². The summed E-state index contributed by atoms with van der Waals surface area (Å²) in [6, 6.07) is 0. The van der Waals surface area contributed by atoms with E-state index >= 15 is 0 Å². The average molecular weight is 745 g/mol. The summed E-state index contributed by atoms with van der Waals surface area (Å²) in [6.45, 7) is 6.52. The molecule has 0 aliphatic heterocycles. The van der Waals surface area contributed by atoms with Crippen LogP contribution < -0.4 is 0 Å². The van der Waals surface area contributed by atoms with Crippen molar-refractivity contribution < 1.29 is 28.6 Å². The molecular formula is C47H84O6. The lowest BCUT2D eigenvalue weighted by molar-refractivity contribution is -0.167. The lowest BCUT2D eigenvalue weighted by atomic mass is 10.0. The molecule has 0 saturated heterocycles. The summed E-state index contributed by atoms with van der Waals surface area (Å²) < 4.78 is 16.7. The van der Waals surface area contributed by atoms with Gasteiger partial charge in [-0.1, -0.05) is 179 Å². The van der Waals surface area contributed by atoms with Crippen molar-refractivity contribution in [2.24, 2.45) is 0 Å². The highest BCUT2D eigenvalue weighted by Gasteiger charge is 2.19. The van der Waals surface area contributed by atoms with Crippen molar-refractivity contribution in [2.75, 3.05) is 13.2 Å². The zero-order chi connectivity index (χ0) is 38.7. The van der Waals surface area contributed by atoms with Crippen molar-refractivity contribution in [2.45, 2.75) is 232 Å². The molecular weight excluding hydrogens is 661 g/mol. The van der Waals surface area contributed by atoms with Crippen molar-refractivity contribution in [1.29, 1.82) is 0 Å². The molecule has 0 aliphatic carbocycles. The van der Waals surface area contributed by atoms with Crippen LogP contribution in [0.3, 0.4) is 0 Å². The maximum atomic E-state index is 12.7. The molecule has 0 bridgehead atoms. The van der Waals surface area contributed by atoms with Gasteiger partial charge in [-0.05, 0) is 64.2 Å². The van der Waals surface area contributed by atoms with E-state index in [1.807, 2.05) is 0 Å². The van der Waals surface area contributed by atoms with Crippen LogP contribution in [0.2, 0.25) is 0 Å². The number of allylic oxidation sites excluding steroid dienone is 6. The molecule has 0 aromatic rings. The molecule has 53 heavy (non-hydrogen) atoms. The highest BCUT2D eigenvalue weighted by Crippen LogP contribution is 2.14. The minimum atomic E-state index is -0.779. The minimum absolute atomic E-state index is 0.0832. The SMILES string of the molecule is CCCC/C=C\C=C/CCCCCC(=O)OCC(COC(=O)CCCCCCC/C=C\CCCCC)OC(=O)CCCCCCCCCCCCCC. The van der Waals surface area contributed by atoms with Crippen molar-refractivity contribution >= 4 is 17.9 Å². The van der Waals surface area contributed by atoms with Crippen molar-refractivity contribution in [1.82, 2.24) is 0 Å². The Morgan fingerprint density at radius 3 is 1.17 bits per heavy atom. The molecule has 0 radical (unpaired) electrons. The molecule has 0 N–H and O–H groups in total. The number of carbonyl (C=O) groups excluding carboxylic acids is 3. The summed E-state index contributed by atoms with van der Waals surface area (Å²) in [5, 5.41) is 0. The molecule has 0 fully saturated rings. The highest BCUT2D eigenvalue weighted by atomic mass is 16.6. The van der Waals surface area contributed by atoms with Crippen LogP contribution in [0.25, 0.3) is 0 Å². The number of carbonyl (C=O) groups is 3. The number of rotatable bonds is 40. The van der Waals surface area contributed by atoms with Gasteiger partial charge in [0.05, 0.1) is 0 Å². The molecule has 1 unspecified atom stereocenters. The molecule has 0 heterocycles. The minimum Gasteiger partial charge on any atom is -0.462 e. The fourth-order valence-corrected chi connectivity index (χ4v) is 6.18. The van der Waals surface area contributed by atoms with Gasteiger partial charge in [0.1, 0.15) is 13.2 Å². The fraction of sp³-hybridized carbons (Fsp3) is 0.809. The Morgan fingerprint density at radius 1 is 0.377 bits per heavy atom. The summed E-state index contributed by atoms with van der Waals surface area (Å²) in [4.78, 5) is 37.7. The zero-order valence-corrected chi connectivity index (χ0v) is 35.0. The lowest BCUT2D eigenvalue weighted by Gasteiger charge is -2.18. The molecule has 0 aromatic heterocycles. The van der Waals surface area contributed by atoms with E-state index in [0.717, 1.165) is 77.0 Å². The number of hydrogen-bond donors (Lipinski definition) is 0. The Labute approximate surface area is 327 Å². The quantitative estimate of drug-likeness (QED) is 0.0204. The maximum absolute atomic E-state index is 12.7. The van der Waals surface area contributed by atoms with E-state index in [1.165, 1.54) is 109 Å². The van der Waals surface area contributed by atoms with E-state index in [9.17, 15) is 14.4 Å². The monoisotopic (exact) mass is 745 g/mol. The van der Waals surface area contributed by atoms with Crippen molar-refractivity contribution in [3.8, 4) is 0 Å². The Balaban J connectivity index is 4.41. The second-order valence-corrected chi connectivity index (χ2v) is 15.0. The molecule has 0 amide bonds. The van der Waals surface area contributed by atoms with Crippen LogP contribution in [0.5, 0.6) is 0 Å². The van der Waals surface area contributed by atoms with E-state index in [-0.39, 0.29) is 31.1 Å². The van der Waals surface area contributed by atoms with Crippen LogP contribution in [0.1, 0.15) is 226 Å². The summed E-state index contributed by atoms with van der Waals surface area (Å²) in [5.41, 5.74) is 0. The standard InChI is InChI=1S/C47H84O6/c1-4-7-10-13-16-19-22-25-28-31-34-37-40-46(49)52-43-44(42-51-45(48)39-36-33-30-27-24-21-18-15-12-9-6-3)53-47(50)41-38-35-32-29-26-23-20-17-14-11-8-5-2/h15-16,18-19,21,24,44H,4-14,17,20,22-23,25-43H2,1-3H3/b18-15-,19-16-,24-21-. The Kier molecular flexibility index (Phi) is 40.5. The first-order valence-corrected chi connectivity index (χ1v) is 22.5. The molecule has 308 valence electrons. The molecule has 0 spiro atoms. The van der Waals surface area contributed by atoms with Gasteiger partial charge in [-0.15, -0.1) is 0 Å². The van der Waals surface area contributed by atoms with E-state index in [1.54, 1.807) is 0 Å². The first-order valence-electron chi connectivity index (χ1n) is 22.5. The molecule has 0 aromatic carbocycles. The summed E-state index contributed by atoms with van der Waals surface area (Å²) in [7, 11) is 0. The van der Waals surface area contributed by atoms with Gasteiger partial charge in [-0.2, -0.15) is 0 Å². The van der Waals surface area contributed by atoms with Crippen LogP contribution >= 0.6 is 0 Å². The van der Waals surface area contributed by atoms with Crippen LogP contribution in [-0.4, -0.2) is 37.2 Å². The highest BCUT2D eigenvalue weighted by molar-refractivity contribution is 5.71. The number of esters is 3. The van der Waals surface area contributed by atoms with E-state index < -0.39 is 6.10 Å². The summed E-state index contributed by atoms with van der Waals surface area (Å²) >= 11 is 0. The first-order chi connectivity index (χ1) is 26.0. The van der Waals surface area contributed by atoms with Crippen molar-refractivity contribution in [3.05, 3.63) is 36.5 Å². The molecule has 0 saturated carbocycles. The van der Waals surface area contributed by atoms with Gasteiger partial charge in [0, 0.05) is 19.3 Å². The molecule has 0 rings (SSSR count).